The molecule has 0 spiro atoms. The van der Waals surface area contributed by atoms with Crippen LogP contribution >= 0.6 is 0 Å². The fraction of sp³-hybridized carbons (Fsp3) is 0.250. The molecule has 0 aliphatic rings. The van der Waals surface area contributed by atoms with E-state index in [0.717, 1.165) is 23.1 Å². The Balaban J connectivity index is 3.50. The number of benzene rings is 1. The zero-order chi connectivity index (χ0) is 16.3. The van der Waals surface area contributed by atoms with Gasteiger partial charge in [0.15, 0.2) is 5.92 Å². The zero-order valence-electron chi connectivity index (χ0n) is 11.1. The van der Waals surface area contributed by atoms with Gasteiger partial charge in [0.1, 0.15) is 5.56 Å². The second-order valence-corrected chi connectivity index (χ2v) is 4.34. The Morgan fingerprint density at radius 3 is 2.10 bits per heavy atom. The molecule has 0 aromatic heterocycles. The maximum atomic E-state index is 11.9. The molecule has 9 heteroatoms. The summed E-state index contributed by atoms with van der Waals surface area (Å²) in [5, 5.41) is 28.7. The summed E-state index contributed by atoms with van der Waals surface area (Å²) in [7, 11) is 2.73. The van der Waals surface area contributed by atoms with Crippen LogP contribution in [0.1, 0.15) is 21.8 Å². The van der Waals surface area contributed by atoms with Crippen LogP contribution in [0.2, 0.25) is 0 Å². The maximum Gasteiger partial charge on any atom is 0.322 e. The lowest BCUT2D eigenvalue weighted by atomic mass is 9.96. The highest BCUT2D eigenvalue weighted by Gasteiger charge is 2.31. The van der Waals surface area contributed by atoms with Gasteiger partial charge < -0.3 is 15.1 Å². The van der Waals surface area contributed by atoms with Gasteiger partial charge in [-0.2, -0.15) is 0 Å². The third kappa shape index (κ3) is 3.32. The number of hydrogen-bond acceptors (Lipinski definition) is 5. The molecule has 112 valence electrons. The molecule has 0 aliphatic heterocycles. The van der Waals surface area contributed by atoms with Crippen molar-refractivity contribution in [1.29, 1.82) is 0 Å². The molecule has 0 saturated heterocycles. The number of carbonyl (C=O) groups is 3. The van der Waals surface area contributed by atoms with Gasteiger partial charge >= 0.3 is 11.9 Å². The Labute approximate surface area is 118 Å². The van der Waals surface area contributed by atoms with Crippen LogP contribution in [-0.4, -0.2) is 52.0 Å². The van der Waals surface area contributed by atoms with E-state index in [1.807, 2.05) is 0 Å². The van der Waals surface area contributed by atoms with E-state index >= 15 is 0 Å². The average Bonchev–Trinajstić information content (AvgIpc) is 2.36. The molecule has 0 fully saturated rings. The van der Waals surface area contributed by atoms with Crippen molar-refractivity contribution in [2.45, 2.75) is 5.92 Å². The van der Waals surface area contributed by atoms with Crippen LogP contribution in [0, 0.1) is 10.1 Å². The van der Waals surface area contributed by atoms with E-state index in [-0.39, 0.29) is 11.1 Å². The predicted octanol–water partition coefficient (Wildman–Crippen LogP) is 0.549. The number of nitro benzene ring substituents is 1. The maximum absolute atomic E-state index is 11.9. The van der Waals surface area contributed by atoms with E-state index in [4.69, 9.17) is 10.2 Å². The summed E-state index contributed by atoms with van der Waals surface area (Å²) in [6.45, 7) is 0. The standard InChI is InChI=1S/C12H12N2O7/c1-13(2)10(15)7-5-6(3-4-8(7)14(20)21)9(11(16)17)12(18)19/h3-5,9H,1-2H3,(H,16,17)(H,18,19). The number of carboxylic acids is 2. The number of carbonyl (C=O) groups excluding carboxylic acids is 1. The Hall–Kier alpha value is -2.97. The Kier molecular flexibility index (Phi) is 4.59. The molecule has 9 nitrogen and oxygen atoms in total. The van der Waals surface area contributed by atoms with Crippen molar-refractivity contribution in [1.82, 2.24) is 4.90 Å². The molecule has 21 heavy (non-hydrogen) atoms. The summed E-state index contributed by atoms with van der Waals surface area (Å²) in [4.78, 5) is 45.0. The zero-order valence-corrected chi connectivity index (χ0v) is 11.1. The smallest absolute Gasteiger partial charge is 0.322 e. The molecule has 0 bridgehead atoms. The van der Waals surface area contributed by atoms with Gasteiger partial charge in [0.2, 0.25) is 0 Å². The second kappa shape index (κ2) is 5.99. The highest BCUT2D eigenvalue weighted by molar-refractivity contribution is 6.01. The van der Waals surface area contributed by atoms with Gasteiger partial charge in [-0.25, -0.2) is 0 Å². The quantitative estimate of drug-likeness (QED) is 0.459. The summed E-state index contributed by atoms with van der Waals surface area (Å²) in [6.07, 6.45) is 0. The minimum absolute atomic E-state index is 0.217. The topological polar surface area (TPSA) is 138 Å². The van der Waals surface area contributed by atoms with Crippen LogP contribution in [0.3, 0.4) is 0 Å². The monoisotopic (exact) mass is 296 g/mol. The van der Waals surface area contributed by atoms with Gasteiger partial charge in [0.05, 0.1) is 4.92 Å². The first-order valence-corrected chi connectivity index (χ1v) is 5.62. The number of aliphatic carboxylic acids is 2. The van der Waals surface area contributed by atoms with Crippen molar-refractivity contribution in [2.75, 3.05) is 14.1 Å². The van der Waals surface area contributed by atoms with E-state index < -0.39 is 34.4 Å². The molecule has 0 atom stereocenters. The predicted molar refractivity (Wildman–Crippen MR) is 69.1 cm³/mol. The van der Waals surface area contributed by atoms with Crippen LogP contribution in [0.5, 0.6) is 0 Å². The number of nitro groups is 1. The van der Waals surface area contributed by atoms with Crippen LogP contribution in [-0.2, 0) is 9.59 Å². The van der Waals surface area contributed by atoms with Crippen LogP contribution in [0.25, 0.3) is 0 Å². The molecular formula is C12H12N2O7. The first-order valence-electron chi connectivity index (χ1n) is 5.62. The van der Waals surface area contributed by atoms with Gasteiger partial charge in [-0.05, 0) is 11.6 Å². The first-order chi connectivity index (χ1) is 9.66. The lowest BCUT2D eigenvalue weighted by Gasteiger charge is -2.13. The van der Waals surface area contributed by atoms with Gasteiger partial charge in [0.25, 0.3) is 11.6 Å². The van der Waals surface area contributed by atoms with E-state index in [0.29, 0.717) is 0 Å². The van der Waals surface area contributed by atoms with Gasteiger partial charge in [-0.15, -0.1) is 0 Å². The minimum atomic E-state index is -1.90. The third-order valence-electron chi connectivity index (χ3n) is 2.68. The number of nitrogens with zero attached hydrogens (tertiary/aromatic N) is 2. The molecule has 1 aromatic rings. The summed E-state index contributed by atoms with van der Waals surface area (Å²) < 4.78 is 0. The summed E-state index contributed by atoms with van der Waals surface area (Å²) >= 11 is 0. The van der Waals surface area contributed by atoms with Crippen molar-refractivity contribution in [3.8, 4) is 0 Å². The van der Waals surface area contributed by atoms with Crippen molar-refractivity contribution in [2.24, 2.45) is 0 Å². The number of amides is 1. The van der Waals surface area contributed by atoms with Crippen molar-refractivity contribution >= 4 is 23.5 Å². The lowest BCUT2D eigenvalue weighted by Crippen LogP contribution is -2.25. The molecular weight excluding hydrogens is 284 g/mol. The SMILES string of the molecule is CN(C)C(=O)c1cc(C(C(=O)O)C(=O)O)ccc1[N+](=O)[O-]. The molecule has 0 unspecified atom stereocenters. The van der Waals surface area contributed by atoms with Crippen LogP contribution in [0.4, 0.5) is 5.69 Å². The number of rotatable bonds is 5. The highest BCUT2D eigenvalue weighted by Crippen LogP contribution is 2.26. The van der Waals surface area contributed by atoms with Crippen molar-refractivity contribution in [3.63, 3.8) is 0 Å². The fourth-order valence-electron chi connectivity index (χ4n) is 1.70. The van der Waals surface area contributed by atoms with Crippen molar-refractivity contribution < 1.29 is 29.5 Å². The Bertz CT molecular complexity index is 610. The normalized spacial score (nSPS) is 10.2. The van der Waals surface area contributed by atoms with E-state index in [1.54, 1.807) is 0 Å². The van der Waals surface area contributed by atoms with E-state index in [2.05, 4.69) is 0 Å². The number of carboxylic acid groups (broad SMARTS) is 2. The van der Waals surface area contributed by atoms with Gasteiger partial charge in [-0.3, -0.25) is 24.5 Å². The van der Waals surface area contributed by atoms with Crippen LogP contribution in [0.15, 0.2) is 18.2 Å². The summed E-state index contributed by atoms with van der Waals surface area (Å²) in [6, 6.07) is 2.86. The third-order valence-corrected chi connectivity index (χ3v) is 2.68. The minimum Gasteiger partial charge on any atom is -0.480 e. The largest absolute Gasteiger partial charge is 0.480 e. The molecule has 0 radical (unpaired) electrons. The highest BCUT2D eigenvalue weighted by atomic mass is 16.6. The molecule has 0 aliphatic carbocycles. The average molecular weight is 296 g/mol. The molecule has 1 rings (SSSR count). The summed E-state index contributed by atoms with van der Waals surface area (Å²) in [5.41, 5.74) is -1.10. The fourth-order valence-corrected chi connectivity index (χ4v) is 1.70. The lowest BCUT2D eigenvalue weighted by molar-refractivity contribution is -0.385. The van der Waals surface area contributed by atoms with Gasteiger partial charge in [-0.1, -0.05) is 6.07 Å². The van der Waals surface area contributed by atoms with Crippen LogP contribution < -0.4 is 0 Å². The Morgan fingerprint density at radius 2 is 1.71 bits per heavy atom. The first kappa shape index (κ1) is 16.1. The van der Waals surface area contributed by atoms with E-state index in [1.165, 1.54) is 14.1 Å². The van der Waals surface area contributed by atoms with Gasteiger partial charge in [0, 0.05) is 20.2 Å². The number of hydrogen-bond donors (Lipinski definition) is 2. The molecule has 0 heterocycles. The molecule has 0 saturated carbocycles. The molecule has 1 amide bonds. The summed E-state index contributed by atoms with van der Waals surface area (Å²) in [5.74, 6) is -5.88. The van der Waals surface area contributed by atoms with Crippen molar-refractivity contribution in [3.05, 3.63) is 39.4 Å². The van der Waals surface area contributed by atoms with E-state index in [9.17, 15) is 24.5 Å². The molecule has 1 aromatic carbocycles. The Morgan fingerprint density at radius 1 is 1.19 bits per heavy atom. The second-order valence-electron chi connectivity index (χ2n) is 4.34. The molecule has 2 N–H and O–H groups in total.